The Kier molecular flexibility index (Phi) is 4.41. The molecule has 0 fully saturated rings. The Bertz CT molecular complexity index is 607. The second kappa shape index (κ2) is 6.24. The fourth-order valence-electron chi connectivity index (χ4n) is 2.28. The standard InChI is InChI=1S/C17H19NO2/c1-12-8-4-5-9-14(12)13(2)18-16-11-7-6-10-15(16)17(19)20-3/h4-11,13,18H,1-3H3. The maximum absolute atomic E-state index is 11.8. The SMILES string of the molecule is COC(=O)c1ccccc1NC(C)c1ccccc1C. The number of hydrogen-bond donors (Lipinski definition) is 1. The van der Waals surface area contributed by atoms with Crippen molar-refractivity contribution in [2.24, 2.45) is 0 Å². The molecule has 1 atom stereocenters. The lowest BCUT2D eigenvalue weighted by atomic mass is 10.0. The third kappa shape index (κ3) is 2.99. The second-order valence-corrected chi connectivity index (χ2v) is 4.76. The number of rotatable bonds is 4. The molecule has 2 aromatic rings. The van der Waals surface area contributed by atoms with Crippen molar-refractivity contribution in [3.05, 3.63) is 65.2 Å². The third-order valence-electron chi connectivity index (χ3n) is 3.36. The van der Waals surface area contributed by atoms with Crippen molar-refractivity contribution >= 4 is 11.7 Å². The number of ether oxygens (including phenoxy) is 1. The molecule has 0 saturated heterocycles. The number of benzene rings is 2. The molecule has 0 heterocycles. The van der Waals surface area contributed by atoms with E-state index in [9.17, 15) is 4.79 Å². The lowest BCUT2D eigenvalue weighted by Crippen LogP contribution is -2.12. The van der Waals surface area contributed by atoms with Crippen LogP contribution in [0.5, 0.6) is 0 Å². The lowest BCUT2D eigenvalue weighted by Gasteiger charge is -2.19. The number of hydrogen-bond acceptors (Lipinski definition) is 3. The van der Waals surface area contributed by atoms with Crippen LogP contribution in [-0.2, 0) is 4.74 Å². The maximum atomic E-state index is 11.8. The van der Waals surface area contributed by atoms with Gasteiger partial charge in [-0.15, -0.1) is 0 Å². The topological polar surface area (TPSA) is 38.3 Å². The van der Waals surface area contributed by atoms with Crippen LogP contribution in [0.15, 0.2) is 48.5 Å². The number of para-hydroxylation sites is 1. The molecule has 2 aromatic carbocycles. The Morgan fingerprint density at radius 1 is 1.10 bits per heavy atom. The molecule has 1 unspecified atom stereocenters. The summed E-state index contributed by atoms with van der Waals surface area (Å²) in [6, 6.07) is 15.7. The number of esters is 1. The summed E-state index contributed by atoms with van der Waals surface area (Å²) < 4.78 is 4.81. The number of anilines is 1. The van der Waals surface area contributed by atoms with Crippen LogP contribution in [0.25, 0.3) is 0 Å². The first kappa shape index (κ1) is 14.1. The zero-order valence-corrected chi connectivity index (χ0v) is 12.0. The van der Waals surface area contributed by atoms with Crippen molar-refractivity contribution in [3.63, 3.8) is 0 Å². The molecular weight excluding hydrogens is 250 g/mol. The van der Waals surface area contributed by atoms with Gasteiger partial charge in [0.05, 0.1) is 12.7 Å². The molecule has 0 saturated carbocycles. The van der Waals surface area contributed by atoms with Gasteiger partial charge in [-0.2, -0.15) is 0 Å². The molecule has 3 heteroatoms. The van der Waals surface area contributed by atoms with Crippen molar-refractivity contribution < 1.29 is 9.53 Å². The molecule has 0 aliphatic rings. The van der Waals surface area contributed by atoms with Crippen LogP contribution in [0.1, 0.15) is 34.5 Å². The minimum absolute atomic E-state index is 0.113. The molecular formula is C17H19NO2. The minimum atomic E-state index is -0.329. The van der Waals surface area contributed by atoms with E-state index in [0.29, 0.717) is 5.56 Å². The quantitative estimate of drug-likeness (QED) is 0.854. The van der Waals surface area contributed by atoms with Crippen molar-refractivity contribution in [3.8, 4) is 0 Å². The fourth-order valence-corrected chi connectivity index (χ4v) is 2.28. The summed E-state index contributed by atoms with van der Waals surface area (Å²) in [7, 11) is 1.39. The first-order chi connectivity index (χ1) is 9.63. The molecule has 0 radical (unpaired) electrons. The summed E-state index contributed by atoms with van der Waals surface area (Å²) in [5, 5.41) is 3.38. The van der Waals surface area contributed by atoms with Crippen LogP contribution < -0.4 is 5.32 Å². The van der Waals surface area contributed by atoms with Gasteiger partial charge in [-0.3, -0.25) is 0 Å². The largest absolute Gasteiger partial charge is 0.465 e. The molecule has 0 amide bonds. The van der Waals surface area contributed by atoms with Crippen molar-refractivity contribution in [1.29, 1.82) is 0 Å². The van der Waals surface area contributed by atoms with Gasteiger partial charge in [0.1, 0.15) is 0 Å². The second-order valence-electron chi connectivity index (χ2n) is 4.76. The summed E-state index contributed by atoms with van der Waals surface area (Å²) in [4.78, 5) is 11.8. The van der Waals surface area contributed by atoms with Crippen LogP contribution >= 0.6 is 0 Å². The number of aryl methyl sites for hydroxylation is 1. The van der Waals surface area contributed by atoms with Crippen LogP contribution in [0.2, 0.25) is 0 Å². The minimum Gasteiger partial charge on any atom is -0.465 e. The van der Waals surface area contributed by atoms with Gasteiger partial charge in [0.2, 0.25) is 0 Å². The Morgan fingerprint density at radius 2 is 1.75 bits per heavy atom. The first-order valence-corrected chi connectivity index (χ1v) is 6.63. The number of carbonyl (C=O) groups is 1. The smallest absolute Gasteiger partial charge is 0.339 e. The Labute approximate surface area is 119 Å². The number of carbonyl (C=O) groups excluding carboxylic acids is 1. The highest BCUT2D eigenvalue weighted by atomic mass is 16.5. The monoisotopic (exact) mass is 269 g/mol. The molecule has 2 rings (SSSR count). The summed E-state index contributed by atoms with van der Waals surface area (Å²) in [5.41, 5.74) is 3.78. The third-order valence-corrected chi connectivity index (χ3v) is 3.36. The average Bonchev–Trinajstić information content (AvgIpc) is 2.47. The average molecular weight is 269 g/mol. The van der Waals surface area contributed by atoms with E-state index in [1.165, 1.54) is 18.2 Å². The van der Waals surface area contributed by atoms with Gasteiger partial charge in [0.25, 0.3) is 0 Å². The molecule has 0 spiro atoms. The van der Waals surface area contributed by atoms with Crippen LogP contribution in [0.3, 0.4) is 0 Å². The number of methoxy groups -OCH3 is 1. The zero-order chi connectivity index (χ0) is 14.5. The van der Waals surface area contributed by atoms with Gasteiger partial charge in [0.15, 0.2) is 0 Å². The predicted molar refractivity (Wildman–Crippen MR) is 81.0 cm³/mol. The zero-order valence-electron chi connectivity index (χ0n) is 12.0. The molecule has 0 aliphatic carbocycles. The maximum Gasteiger partial charge on any atom is 0.339 e. The molecule has 104 valence electrons. The Balaban J connectivity index is 2.26. The van der Waals surface area contributed by atoms with Gasteiger partial charge >= 0.3 is 5.97 Å². The van der Waals surface area contributed by atoms with Crippen LogP contribution in [-0.4, -0.2) is 13.1 Å². The van der Waals surface area contributed by atoms with Crippen molar-refractivity contribution in [1.82, 2.24) is 0 Å². The summed E-state index contributed by atoms with van der Waals surface area (Å²) >= 11 is 0. The normalized spacial score (nSPS) is 11.8. The van der Waals surface area contributed by atoms with Gasteiger partial charge in [-0.05, 0) is 37.1 Å². The highest BCUT2D eigenvalue weighted by molar-refractivity contribution is 5.95. The molecule has 20 heavy (non-hydrogen) atoms. The van der Waals surface area contributed by atoms with Crippen LogP contribution in [0.4, 0.5) is 5.69 Å². The van der Waals surface area contributed by atoms with Crippen molar-refractivity contribution in [2.75, 3.05) is 12.4 Å². The van der Waals surface area contributed by atoms with Gasteiger partial charge < -0.3 is 10.1 Å². The fraction of sp³-hybridized carbons (Fsp3) is 0.235. The first-order valence-electron chi connectivity index (χ1n) is 6.63. The highest BCUT2D eigenvalue weighted by Crippen LogP contribution is 2.24. The Morgan fingerprint density at radius 3 is 2.45 bits per heavy atom. The van der Waals surface area contributed by atoms with E-state index in [-0.39, 0.29) is 12.0 Å². The summed E-state index contributed by atoms with van der Waals surface area (Å²) in [6.07, 6.45) is 0. The van der Waals surface area contributed by atoms with E-state index in [1.54, 1.807) is 6.07 Å². The summed E-state index contributed by atoms with van der Waals surface area (Å²) in [5.74, 6) is -0.329. The molecule has 0 aliphatic heterocycles. The van der Waals surface area contributed by atoms with E-state index in [0.717, 1.165) is 5.69 Å². The van der Waals surface area contributed by atoms with E-state index in [1.807, 2.05) is 30.3 Å². The molecule has 0 bridgehead atoms. The van der Waals surface area contributed by atoms with Gasteiger partial charge in [-0.1, -0.05) is 36.4 Å². The van der Waals surface area contributed by atoms with E-state index < -0.39 is 0 Å². The van der Waals surface area contributed by atoms with Crippen LogP contribution in [0, 0.1) is 6.92 Å². The summed E-state index contributed by atoms with van der Waals surface area (Å²) in [6.45, 7) is 4.16. The van der Waals surface area contributed by atoms with Gasteiger partial charge in [0, 0.05) is 11.7 Å². The molecule has 3 nitrogen and oxygen atoms in total. The lowest BCUT2D eigenvalue weighted by molar-refractivity contribution is 0.0602. The number of nitrogens with one attached hydrogen (secondary N) is 1. The predicted octanol–water partition coefficient (Wildman–Crippen LogP) is 3.95. The highest BCUT2D eigenvalue weighted by Gasteiger charge is 2.14. The van der Waals surface area contributed by atoms with Crippen molar-refractivity contribution in [2.45, 2.75) is 19.9 Å². The van der Waals surface area contributed by atoms with E-state index in [4.69, 9.17) is 4.74 Å². The molecule has 1 N–H and O–H groups in total. The Hall–Kier alpha value is -2.29. The molecule has 0 aromatic heterocycles. The van der Waals surface area contributed by atoms with Gasteiger partial charge in [-0.25, -0.2) is 4.79 Å². The van der Waals surface area contributed by atoms with E-state index >= 15 is 0 Å². The van der Waals surface area contributed by atoms with E-state index in [2.05, 4.69) is 31.3 Å².